The SMILES string of the molecule is N#CCCCCCCN1C(=O)OC[C@@H]1C=C[C@@H](O)C(F)(F)c1ccccc1. The number of hydrogen-bond acceptors (Lipinski definition) is 4. The number of nitriles is 1. The van der Waals surface area contributed by atoms with Crippen LogP contribution in [0.3, 0.4) is 0 Å². The largest absolute Gasteiger partial charge is 0.447 e. The third-order valence-corrected chi connectivity index (χ3v) is 4.50. The van der Waals surface area contributed by atoms with Gasteiger partial charge >= 0.3 is 12.0 Å². The molecule has 1 amide bonds. The summed E-state index contributed by atoms with van der Waals surface area (Å²) < 4.78 is 33.6. The number of rotatable bonds is 10. The van der Waals surface area contributed by atoms with Crippen molar-refractivity contribution in [3.05, 3.63) is 48.0 Å². The van der Waals surface area contributed by atoms with Crippen LogP contribution in [0.1, 0.15) is 37.7 Å². The molecule has 1 aliphatic rings. The highest BCUT2D eigenvalue weighted by atomic mass is 19.3. The van der Waals surface area contributed by atoms with Gasteiger partial charge in [0.15, 0.2) is 0 Å². The summed E-state index contributed by atoms with van der Waals surface area (Å²) in [6.07, 6.45) is 3.81. The van der Waals surface area contributed by atoms with E-state index in [0.717, 1.165) is 31.8 Å². The fourth-order valence-electron chi connectivity index (χ4n) is 2.91. The highest BCUT2D eigenvalue weighted by Crippen LogP contribution is 2.32. The van der Waals surface area contributed by atoms with Crippen molar-refractivity contribution in [1.82, 2.24) is 4.90 Å². The molecule has 2 rings (SSSR count). The second kappa shape index (κ2) is 10.0. The summed E-state index contributed by atoms with van der Waals surface area (Å²) in [4.78, 5) is 13.3. The molecule has 5 nitrogen and oxygen atoms in total. The minimum Gasteiger partial charge on any atom is -0.447 e. The van der Waals surface area contributed by atoms with Crippen molar-refractivity contribution < 1.29 is 23.4 Å². The van der Waals surface area contributed by atoms with Crippen molar-refractivity contribution in [3.63, 3.8) is 0 Å². The van der Waals surface area contributed by atoms with Gasteiger partial charge in [0.25, 0.3) is 0 Å². The van der Waals surface area contributed by atoms with Crippen LogP contribution in [0.15, 0.2) is 42.5 Å². The lowest BCUT2D eigenvalue weighted by atomic mass is 10.0. The molecule has 7 heteroatoms. The van der Waals surface area contributed by atoms with Gasteiger partial charge in [-0.15, -0.1) is 0 Å². The van der Waals surface area contributed by atoms with E-state index < -0.39 is 24.2 Å². The molecule has 1 aliphatic heterocycles. The maximum absolute atomic E-state index is 14.3. The van der Waals surface area contributed by atoms with Gasteiger partial charge in [0.2, 0.25) is 0 Å². The Morgan fingerprint density at radius 2 is 2.00 bits per heavy atom. The molecule has 1 aromatic carbocycles. The Labute approximate surface area is 157 Å². The molecule has 1 heterocycles. The number of alkyl halides is 2. The summed E-state index contributed by atoms with van der Waals surface area (Å²) in [6, 6.07) is 8.74. The van der Waals surface area contributed by atoms with Gasteiger partial charge in [0, 0.05) is 18.5 Å². The Morgan fingerprint density at radius 3 is 2.70 bits per heavy atom. The minimum absolute atomic E-state index is 0.0768. The lowest BCUT2D eigenvalue weighted by Crippen LogP contribution is -2.34. The number of amides is 1. The van der Waals surface area contributed by atoms with E-state index in [-0.39, 0.29) is 12.2 Å². The monoisotopic (exact) mass is 378 g/mol. The lowest BCUT2D eigenvalue weighted by Gasteiger charge is -2.22. The van der Waals surface area contributed by atoms with Crippen LogP contribution in [0.5, 0.6) is 0 Å². The number of ether oxygens (including phenoxy) is 1. The first kappa shape index (κ1) is 20.8. The number of hydrogen-bond donors (Lipinski definition) is 1. The number of carbonyl (C=O) groups is 1. The Hall–Kier alpha value is -2.46. The molecule has 1 N–H and O–H groups in total. The van der Waals surface area contributed by atoms with E-state index in [1.54, 1.807) is 6.07 Å². The Bertz CT molecular complexity index is 674. The topological polar surface area (TPSA) is 73.6 Å². The van der Waals surface area contributed by atoms with E-state index in [1.165, 1.54) is 35.2 Å². The summed E-state index contributed by atoms with van der Waals surface area (Å²) in [7, 11) is 0. The van der Waals surface area contributed by atoms with Gasteiger partial charge < -0.3 is 9.84 Å². The lowest BCUT2D eigenvalue weighted by molar-refractivity contribution is -0.0929. The van der Waals surface area contributed by atoms with Gasteiger partial charge in [0.1, 0.15) is 12.7 Å². The molecule has 1 saturated heterocycles. The van der Waals surface area contributed by atoms with E-state index >= 15 is 0 Å². The van der Waals surface area contributed by atoms with Crippen molar-refractivity contribution in [2.75, 3.05) is 13.2 Å². The normalized spacial score (nSPS) is 18.5. The van der Waals surface area contributed by atoms with Gasteiger partial charge in [-0.1, -0.05) is 55.3 Å². The predicted octanol–water partition coefficient (Wildman–Crippen LogP) is 3.99. The highest BCUT2D eigenvalue weighted by Gasteiger charge is 2.39. The van der Waals surface area contributed by atoms with Crippen LogP contribution in [0.4, 0.5) is 13.6 Å². The number of aliphatic hydroxyl groups is 1. The predicted molar refractivity (Wildman–Crippen MR) is 96.0 cm³/mol. The average Bonchev–Trinajstić information content (AvgIpc) is 3.03. The van der Waals surface area contributed by atoms with Gasteiger partial charge in [-0.25, -0.2) is 4.79 Å². The minimum atomic E-state index is -3.42. The summed E-state index contributed by atoms with van der Waals surface area (Å²) in [5.41, 5.74) is -0.268. The molecule has 0 aliphatic carbocycles. The number of benzene rings is 1. The van der Waals surface area contributed by atoms with Crippen LogP contribution in [-0.4, -0.2) is 41.4 Å². The summed E-state index contributed by atoms with van der Waals surface area (Å²) in [6.45, 7) is 0.527. The third-order valence-electron chi connectivity index (χ3n) is 4.50. The van der Waals surface area contributed by atoms with Gasteiger partial charge in [-0.2, -0.15) is 14.0 Å². The number of carbonyl (C=O) groups excluding carboxylic acids is 1. The number of aliphatic hydroxyl groups excluding tert-OH is 1. The van der Waals surface area contributed by atoms with Crippen molar-refractivity contribution in [1.29, 1.82) is 5.26 Å². The molecular formula is C20H24F2N2O3. The molecule has 146 valence electrons. The fourth-order valence-corrected chi connectivity index (χ4v) is 2.91. The highest BCUT2D eigenvalue weighted by molar-refractivity contribution is 5.70. The zero-order valence-electron chi connectivity index (χ0n) is 15.1. The Kier molecular flexibility index (Phi) is 7.74. The number of unbranched alkanes of at least 4 members (excludes halogenated alkanes) is 4. The molecule has 27 heavy (non-hydrogen) atoms. The molecule has 0 radical (unpaired) electrons. The molecule has 0 bridgehead atoms. The fraction of sp³-hybridized carbons (Fsp3) is 0.500. The second-order valence-corrected chi connectivity index (χ2v) is 6.48. The number of cyclic esters (lactones) is 1. The van der Waals surface area contributed by atoms with E-state index in [9.17, 15) is 18.7 Å². The molecule has 0 spiro atoms. The first-order valence-electron chi connectivity index (χ1n) is 9.07. The van der Waals surface area contributed by atoms with Crippen LogP contribution in [0.25, 0.3) is 0 Å². The van der Waals surface area contributed by atoms with Crippen molar-refractivity contribution in [2.24, 2.45) is 0 Å². The maximum atomic E-state index is 14.3. The Morgan fingerprint density at radius 1 is 1.30 bits per heavy atom. The summed E-state index contributed by atoms with van der Waals surface area (Å²) in [5.74, 6) is -3.42. The van der Waals surface area contributed by atoms with Gasteiger partial charge in [0.05, 0.1) is 12.1 Å². The van der Waals surface area contributed by atoms with Crippen molar-refractivity contribution >= 4 is 6.09 Å². The van der Waals surface area contributed by atoms with Crippen LogP contribution >= 0.6 is 0 Å². The summed E-state index contributed by atoms with van der Waals surface area (Å²) in [5, 5.41) is 18.4. The van der Waals surface area contributed by atoms with E-state index in [4.69, 9.17) is 10.00 Å². The maximum Gasteiger partial charge on any atom is 0.410 e. The average molecular weight is 378 g/mol. The van der Waals surface area contributed by atoms with Crippen LogP contribution < -0.4 is 0 Å². The van der Waals surface area contributed by atoms with Crippen molar-refractivity contribution in [3.8, 4) is 6.07 Å². The molecule has 2 atom stereocenters. The molecule has 1 fully saturated rings. The standard InChI is InChI=1S/C20H24F2N2O3/c21-20(22,16-9-5-4-6-10-16)18(25)12-11-17-15-27-19(26)24(17)14-8-3-1-2-7-13-23/h4-6,9-12,17-18,25H,1-3,7-8,14-15H2/t17-,18+/m0/s1. The van der Waals surface area contributed by atoms with Crippen molar-refractivity contribution in [2.45, 2.75) is 50.2 Å². The van der Waals surface area contributed by atoms with Crippen LogP contribution in [0, 0.1) is 11.3 Å². The van der Waals surface area contributed by atoms with E-state index in [0.29, 0.717) is 13.0 Å². The third kappa shape index (κ3) is 5.76. The smallest absolute Gasteiger partial charge is 0.410 e. The second-order valence-electron chi connectivity index (χ2n) is 6.48. The number of nitrogens with zero attached hydrogens (tertiary/aromatic N) is 2. The molecule has 0 aromatic heterocycles. The zero-order valence-corrected chi connectivity index (χ0v) is 15.1. The molecule has 1 aromatic rings. The van der Waals surface area contributed by atoms with Crippen LogP contribution in [0.2, 0.25) is 0 Å². The summed E-state index contributed by atoms with van der Waals surface area (Å²) >= 11 is 0. The first-order chi connectivity index (χ1) is 13.0. The molecular weight excluding hydrogens is 354 g/mol. The number of halogens is 2. The van der Waals surface area contributed by atoms with E-state index in [1.807, 2.05) is 0 Å². The van der Waals surface area contributed by atoms with E-state index in [2.05, 4.69) is 6.07 Å². The Balaban J connectivity index is 1.90. The molecule has 0 saturated carbocycles. The quantitative estimate of drug-likeness (QED) is 0.493. The molecule has 0 unspecified atom stereocenters. The first-order valence-corrected chi connectivity index (χ1v) is 9.07. The van der Waals surface area contributed by atoms with Gasteiger partial charge in [-0.3, -0.25) is 4.90 Å². The van der Waals surface area contributed by atoms with Gasteiger partial charge in [-0.05, 0) is 12.8 Å². The van der Waals surface area contributed by atoms with Crippen LogP contribution in [-0.2, 0) is 10.7 Å². The zero-order chi connectivity index (χ0) is 19.7.